The first kappa shape index (κ1) is 15.8. The van der Waals surface area contributed by atoms with Gasteiger partial charge in [-0.15, -0.1) is 5.10 Å². The Morgan fingerprint density at radius 2 is 2.05 bits per heavy atom. The van der Waals surface area contributed by atoms with E-state index in [0.29, 0.717) is 21.8 Å². The SMILES string of the molecule is CCCCN(C)c1nncc(Nc2ccc(Cl)c(Cl)c2)n1. The second-order valence-corrected chi connectivity index (χ2v) is 5.49. The average molecular weight is 326 g/mol. The van der Waals surface area contributed by atoms with Crippen molar-refractivity contribution in [3.63, 3.8) is 0 Å². The quantitative estimate of drug-likeness (QED) is 0.864. The summed E-state index contributed by atoms with van der Waals surface area (Å²) in [4.78, 5) is 6.42. The van der Waals surface area contributed by atoms with Gasteiger partial charge >= 0.3 is 0 Å². The van der Waals surface area contributed by atoms with Crippen LogP contribution in [0.25, 0.3) is 0 Å². The molecule has 21 heavy (non-hydrogen) atoms. The molecule has 0 atom stereocenters. The highest BCUT2D eigenvalue weighted by atomic mass is 35.5. The number of hydrogen-bond acceptors (Lipinski definition) is 5. The number of halogens is 2. The lowest BCUT2D eigenvalue weighted by atomic mass is 10.3. The molecule has 0 aliphatic carbocycles. The van der Waals surface area contributed by atoms with Crippen LogP contribution in [0.3, 0.4) is 0 Å². The zero-order valence-electron chi connectivity index (χ0n) is 12.0. The Hall–Kier alpha value is -1.59. The second-order valence-electron chi connectivity index (χ2n) is 4.67. The van der Waals surface area contributed by atoms with Gasteiger partial charge in [-0.1, -0.05) is 36.5 Å². The molecule has 0 saturated heterocycles. The highest BCUT2D eigenvalue weighted by Crippen LogP contribution is 2.26. The van der Waals surface area contributed by atoms with Crippen molar-refractivity contribution < 1.29 is 0 Å². The van der Waals surface area contributed by atoms with Crippen LogP contribution < -0.4 is 10.2 Å². The number of hydrogen-bond donors (Lipinski definition) is 1. The van der Waals surface area contributed by atoms with Gasteiger partial charge in [0.25, 0.3) is 0 Å². The molecule has 1 aromatic heterocycles. The Morgan fingerprint density at radius 1 is 1.24 bits per heavy atom. The lowest BCUT2D eigenvalue weighted by Crippen LogP contribution is -2.21. The molecule has 0 unspecified atom stereocenters. The molecule has 0 saturated carbocycles. The van der Waals surface area contributed by atoms with Crippen LogP contribution in [0.4, 0.5) is 17.5 Å². The molecule has 0 amide bonds. The van der Waals surface area contributed by atoms with Crippen molar-refractivity contribution in [3.8, 4) is 0 Å². The zero-order chi connectivity index (χ0) is 15.2. The molecule has 0 spiro atoms. The van der Waals surface area contributed by atoms with E-state index in [4.69, 9.17) is 23.2 Å². The molecule has 2 rings (SSSR count). The Kier molecular flexibility index (Phi) is 5.59. The Morgan fingerprint density at radius 3 is 2.76 bits per heavy atom. The molecule has 0 bridgehead atoms. The van der Waals surface area contributed by atoms with Crippen LogP contribution in [0.5, 0.6) is 0 Å². The Balaban J connectivity index is 2.11. The maximum Gasteiger partial charge on any atom is 0.247 e. The lowest BCUT2D eigenvalue weighted by molar-refractivity contribution is 0.741. The number of nitrogens with zero attached hydrogens (tertiary/aromatic N) is 4. The molecule has 5 nitrogen and oxygen atoms in total. The average Bonchev–Trinajstić information content (AvgIpc) is 2.49. The molecule has 1 N–H and O–H groups in total. The third-order valence-corrected chi connectivity index (χ3v) is 3.67. The highest BCUT2D eigenvalue weighted by Gasteiger charge is 2.07. The highest BCUT2D eigenvalue weighted by molar-refractivity contribution is 6.42. The van der Waals surface area contributed by atoms with Crippen LogP contribution >= 0.6 is 23.2 Å². The van der Waals surface area contributed by atoms with Crippen molar-refractivity contribution in [2.24, 2.45) is 0 Å². The van der Waals surface area contributed by atoms with E-state index in [2.05, 4.69) is 27.4 Å². The van der Waals surface area contributed by atoms with Crippen molar-refractivity contribution in [2.75, 3.05) is 23.8 Å². The zero-order valence-corrected chi connectivity index (χ0v) is 13.5. The summed E-state index contributed by atoms with van der Waals surface area (Å²) in [7, 11) is 1.95. The van der Waals surface area contributed by atoms with Crippen LogP contribution in [0.2, 0.25) is 10.0 Å². The van der Waals surface area contributed by atoms with Gasteiger partial charge in [0.05, 0.1) is 16.2 Å². The van der Waals surface area contributed by atoms with E-state index in [-0.39, 0.29) is 0 Å². The molecule has 1 aromatic carbocycles. The van der Waals surface area contributed by atoms with Crippen LogP contribution in [0.1, 0.15) is 19.8 Å². The first-order valence-corrected chi connectivity index (χ1v) is 7.48. The van der Waals surface area contributed by atoms with Crippen molar-refractivity contribution in [2.45, 2.75) is 19.8 Å². The van der Waals surface area contributed by atoms with Gasteiger partial charge in [0.2, 0.25) is 5.95 Å². The van der Waals surface area contributed by atoms with E-state index >= 15 is 0 Å². The molecule has 0 fully saturated rings. The number of benzene rings is 1. The van der Waals surface area contributed by atoms with Gasteiger partial charge in [-0.05, 0) is 24.6 Å². The Bertz CT molecular complexity index is 606. The number of nitrogens with one attached hydrogen (secondary N) is 1. The summed E-state index contributed by atoms with van der Waals surface area (Å²) in [6, 6.07) is 5.30. The van der Waals surface area contributed by atoms with Crippen molar-refractivity contribution in [1.82, 2.24) is 15.2 Å². The molecule has 1 heterocycles. The van der Waals surface area contributed by atoms with Crippen LogP contribution in [-0.2, 0) is 0 Å². The van der Waals surface area contributed by atoms with Gasteiger partial charge in [-0.2, -0.15) is 10.1 Å². The summed E-state index contributed by atoms with van der Waals surface area (Å²) in [5, 5.41) is 12.2. The summed E-state index contributed by atoms with van der Waals surface area (Å²) < 4.78 is 0. The fourth-order valence-electron chi connectivity index (χ4n) is 1.73. The molecule has 7 heteroatoms. The third-order valence-electron chi connectivity index (χ3n) is 2.93. The van der Waals surface area contributed by atoms with E-state index in [1.165, 1.54) is 0 Å². The van der Waals surface area contributed by atoms with E-state index in [9.17, 15) is 0 Å². The topological polar surface area (TPSA) is 53.9 Å². The molecule has 0 radical (unpaired) electrons. The van der Waals surface area contributed by atoms with E-state index in [1.807, 2.05) is 18.0 Å². The van der Waals surface area contributed by atoms with E-state index in [0.717, 1.165) is 25.1 Å². The fraction of sp³-hybridized carbons (Fsp3) is 0.357. The summed E-state index contributed by atoms with van der Waals surface area (Å²) in [6.07, 6.45) is 3.78. The minimum atomic E-state index is 0.490. The van der Waals surface area contributed by atoms with Crippen molar-refractivity contribution in [3.05, 3.63) is 34.4 Å². The van der Waals surface area contributed by atoms with Crippen LogP contribution in [-0.4, -0.2) is 28.8 Å². The largest absolute Gasteiger partial charge is 0.343 e. The maximum atomic E-state index is 5.99. The fourth-order valence-corrected chi connectivity index (χ4v) is 2.03. The maximum absolute atomic E-state index is 5.99. The number of rotatable bonds is 6. The normalized spacial score (nSPS) is 10.5. The molecule has 0 aliphatic heterocycles. The predicted octanol–water partition coefficient (Wildman–Crippen LogP) is 4.16. The molecular weight excluding hydrogens is 309 g/mol. The van der Waals surface area contributed by atoms with Gasteiger partial charge in [0.15, 0.2) is 5.82 Å². The van der Waals surface area contributed by atoms with Gasteiger partial charge in [-0.25, -0.2) is 0 Å². The summed E-state index contributed by atoms with van der Waals surface area (Å²) in [5.41, 5.74) is 0.798. The van der Waals surface area contributed by atoms with Gasteiger partial charge < -0.3 is 10.2 Å². The van der Waals surface area contributed by atoms with Crippen LogP contribution in [0.15, 0.2) is 24.4 Å². The van der Waals surface area contributed by atoms with E-state index in [1.54, 1.807) is 18.3 Å². The number of aromatic nitrogens is 3. The first-order valence-electron chi connectivity index (χ1n) is 6.73. The minimum Gasteiger partial charge on any atom is -0.343 e. The van der Waals surface area contributed by atoms with Crippen LogP contribution in [0, 0.1) is 0 Å². The first-order chi connectivity index (χ1) is 10.1. The number of anilines is 3. The minimum absolute atomic E-state index is 0.490. The third kappa shape index (κ3) is 4.44. The molecule has 0 aliphatic rings. The van der Waals surface area contributed by atoms with Gasteiger partial charge in [-0.3, -0.25) is 0 Å². The van der Waals surface area contributed by atoms with Crippen molar-refractivity contribution in [1.29, 1.82) is 0 Å². The second kappa shape index (κ2) is 7.43. The van der Waals surface area contributed by atoms with E-state index < -0.39 is 0 Å². The van der Waals surface area contributed by atoms with Crippen molar-refractivity contribution >= 4 is 40.7 Å². The smallest absolute Gasteiger partial charge is 0.247 e. The summed E-state index contributed by atoms with van der Waals surface area (Å²) in [5.74, 6) is 1.20. The monoisotopic (exact) mass is 325 g/mol. The van der Waals surface area contributed by atoms with Gasteiger partial charge in [0.1, 0.15) is 0 Å². The summed E-state index contributed by atoms with van der Waals surface area (Å²) >= 11 is 11.9. The molecule has 2 aromatic rings. The molecule has 112 valence electrons. The predicted molar refractivity (Wildman–Crippen MR) is 87.7 cm³/mol. The van der Waals surface area contributed by atoms with Gasteiger partial charge in [0, 0.05) is 19.3 Å². The summed E-state index contributed by atoms with van der Waals surface area (Å²) in [6.45, 7) is 3.05. The standard InChI is InChI=1S/C14H17Cl2N5/c1-3-4-7-21(2)14-19-13(9-17-20-14)18-10-5-6-11(15)12(16)8-10/h5-6,8-9H,3-4,7H2,1-2H3,(H,18,19,20). The lowest BCUT2D eigenvalue weighted by Gasteiger charge is -2.16. The molecular formula is C14H17Cl2N5. The number of unbranched alkanes of at least 4 members (excludes halogenated alkanes) is 1. The Labute approximate surface area is 134 Å².